The van der Waals surface area contributed by atoms with Gasteiger partial charge >= 0.3 is 5.97 Å². The van der Waals surface area contributed by atoms with Crippen LogP contribution in [0.4, 0.5) is 0 Å². The highest BCUT2D eigenvalue weighted by Gasteiger charge is 2.01. The maximum atomic E-state index is 10.2. The number of hydrogen-bond acceptors (Lipinski definition) is 2. The molecule has 0 heterocycles. The molecule has 0 aromatic heterocycles. The molecule has 0 unspecified atom stereocenters. The van der Waals surface area contributed by atoms with E-state index in [0.29, 0.717) is 0 Å². The first-order valence-corrected chi connectivity index (χ1v) is 2.94. The number of carboxylic acids is 1. The third kappa shape index (κ3) is 3.90. The molecule has 3 nitrogen and oxygen atoms in total. The summed E-state index contributed by atoms with van der Waals surface area (Å²) >= 11 is 2.68. The molecular formula is C5H5BrO3. The van der Waals surface area contributed by atoms with Crippen LogP contribution in [0, 0.1) is 0 Å². The zero-order valence-corrected chi connectivity index (χ0v) is 6.31. The molecule has 4 heteroatoms. The van der Waals surface area contributed by atoms with Gasteiger partial charge in [-0.15, -0.1) is 0 Å². The number of aliphatic carboxylic acids is 1. The average Bonchev–Trinajstić information content (AvgIpc) is 1.63. The third-order valence-electron chi connectivity index (χ3n) is 0.534. The molecule has 0 fully saturated rings. The van der Waals surface area contributed by atoms with Crippen LogP contribution in [0.25, 0.3) is 0 Å². The summed E-state index contributed by atoms with van der Waals surface area (Å²) in [4.78, 5) is 20.2. The standard InChI is InChI=1S/C5H5BrO3/c1-3(7)2-4(6)5(8)9/h2H,1H3,(H,8,9)/b4-2+. The van der Waals surface area contributed by atoms with Crippen LogP contribution in [0.1, 0.15) is 6.92 Å². The van der Waals surface area contributed by atoms with Gasteiger partial charge in [0.15, 0.2) is 5.78 Å². The van der Waals surface area contributed by atoms with Gasteiger partial charge in [-0.05, 0) is 22.9 Å². The highest BCUT2D eigenvalue weighted by atomic mass is 79.9. The Morgan fingerprint density at radius 1 is 1.56 bits per heavy atom. The molecule has 0 atom stereocenters. The lowest BCUT2D eigenvalue weighted by Crippen LogP contribution is -1.95. The molecule has 0 bridgehead atoms. The van der Waals surface area contributed by atoms with Gasteiger partial charge < -0.3 is 5.11 Å². The molecule has 0 aromatic rings. The fourth-order valence-corrected chi connectivity index (χ4v) is 0.563. The fraction of sp³-hybridized carbons (Fsp3) is 0.200. The number of rotatable bonds is 2. The van der Waals surface area contributed by atoms with E-state index in [1.165, 1.54) is 6.92 Å². The van der Waals surface area contributed by atoms with Gasteiger partial charge in [-0.25, -0.2) is 4.79 Å². The summed E-state index contributed by atoms with van der Waals surface area (Å²) in [5, 5.41) is 8.16. The van der Waals surface area contributed by atoms with Gasteiger partial charge in [0.2, 0.25) is 0 Å². The summed E-state index contributed by atoms with van der Waals surface area (Å²) in [5.74, 6) is -1.42. The molecule has 0 rings (SSSR count). The molecule has 0 amide bonds. The Balaban J connectivity index is 4.17. The van der Waals surface area contributed by atoms with E-state index in [1.807, 2.05) is 0 Å². The van der Waals surface area contributed by atoms with Crippen LogP contribution in [0.2, 0.25) is 0 Å². The lowest BCUT2D eigenvalue weighted by atomic mass is 10.4. The van der Waals surface area contributed by atoms with Crippen molar-refractivity contribution in [1.82, 2.24) is 0 Å². The highest BCUT2D eigenvalue weighted by Crippen LogP contribution is 2.03. The Morgan fingerprint density at radius 3 is 2.11 bits per heavy atom. The summed E-state index contributed by atoms with van der Waals surface area (Å²) in [6.45, 7) is 1.28. The first-order valence-electron chi connectivity index (χ1n) is 2.15. The van der Waals surface area contributed by atoms with Crippen molar-refractivity contribution >= 4 is 27.7 Å². The molecule has 50 valence electrons. The molecule has 0 aliphatic rings. The minimum Gasteiger partial charge on any atom is -0.477 e. The third-order valence-corrected chi connectivity index (χ3v) is 1.10. The van der Waals surface area contributed by atoms with E-state index in [4.69, 9.17) is 5.11 Å². The normalized spacial score (nSPS) is 11.1. The summed E-state index contributed by atoms with van der Waals surface area (Å²) in [6, 6.07) is 0. The number of carbonyl (C=O) groups is 2. The Bertz CT molecular complexity index is 171. The first kappa shape index (κ1) is 8.36. The van der Waals surface area contributed by atoms with Crippen LogP contribution in [0.15, 0.2) is 10.6 Å². The van der Waals surface area contributed by atoms with Gasteiger partial charge in [0.05, 0.1) is 0 Å². The molecule has 0 aromatic carbocycles. The number of ketones is 1. The van der Waals surface area contributed by atoms with Crippen molar-refractivity contribution < 1.29 is 14.7 Å². The van der Waals surface area contributed by atoms with Crippen LogP contribution < -0.4 is 0 Å². The maximum Gasteiger partial charge on any atom is 0.342 e. The van der Waals surface area contributed by atoms with Gasteiger partial charge in [0, 0.05) is 6.08 Å². The number of hydrogen-bond donors (Lipinski definition) is 1. The van der Waals surface area contributed by atoms with Crippen LogP contribution in [0.5, 0.6) is 0 Å². The minimum absolute atomic E-state index is 0.116. The second kappa shape index (κ2) is 3.40. The van der Waals surface area contributed by atoms with Crippen molar-refractivity contribution in [2.75, 3.05) is 0 Å². The molecule has 0 spiro atoms. The van der Waals surface area contributed by atoms with Crippen molar-refractivity contribution in [2.24, 2.45) is 0 Å². The predicted molar refractivity (Wildman–Crippen MR) is 35.3 cm³/mol. The Kier molecular flexibility index (Phi) is 3.16. The summed E-state index contributed by atoms with van der Waals surface area (Å²) in [5.41, 5.74) is 0. The Morgan fingerprint density at radius 2 is 2.00 bits per heavy atom. The molecule has 0 saturated carbocycles. The smallest absolute Gasteiger partial charge is 0.342 e. The van der Waals surface area contributed by atoms with E-state index in [2.05, 4.69) is 15.9 Å². The van der Waals surface area contributed by atoms with Crippen molar-refractivity contribution in [3.8, 4) is 0 Å². The lowest BCUT2D eigenvalue weighted by Gasteiger charge is -1.84. The van der Waals surface area contributed by atoms with Gasteiger partial charge in [0.25, 0.3) is 0 Å². The van der Waals surface area contributed by atoms with Gasteiger partial charge in [0.1, 0.15) is 4.48 Å². The molecule has 0 saturated heterocycles. The van der Waals surface area contributed by atoms with Crippen molar-refractivity contribution in [3.05, 3.63) is 10.6 Å². The highest BCUT2D eigenvalue weighted by molar-refractivity contribution is 9.12. The molecular weight excluding hydrogens is 188 g/mol. The van der Waals surface area contributed by atoms with Crippen LogP contribution in [0.3, 0.4) is 0 Å². The average molecular weight is 193 g/mol. The van der Waals surface area contributed by atoms with Gasteiger partial charge in [-0.1, -0.05) is 0 Å². The van der Waals surface area contributed by atoms with Crippen LogP contribution in [-0.2, 0) is 9.59 Å². The molecule has 0 aliphatic heterocycles. The van der Waals surface area contributed by atoms with Crippen molar-refractivity contribution in [2.45, 2.75) is 6.92 Å². The monoisotopic (exact) mass is 192 g/mol. The predicted octanol–water partition coefficient (Wildman–Crippen LogP) is 0.939. The zero-order valence-electron chi connectivity index (χ0n) is 4.72. The maximum absolute atomic E-state index is 10.2. The fourth-order valence-electron chi connectivity index (χ4n) is 0.240. The SMILES string of the molecule is CC(=O)/C=C(/Br)C(=O)O. The molecule has 0 aliphatic carbocycles. The van der Waals surface area contributed by atoms with E-state index in [0.717, 1.165) is 6.08 Å². The van der Waals surface area contributed by atoms with Crippen LogP contribution in [-0.4, -0.2) is 16.9 Å². The Hall–Kier alpha value is -0.640. The number of halogens is 1. The largest absolute Gasteiger partial charge is 0.477 e. The second-order valence-electron chi connectivity index (χ2n) is 1.41. The number of carboxylic acid groups (broad SMARTS) is 1. The molecule has 1 N–H and O–H groups in total. The lowest BCUT2D eigenvalue weighted by molar-refractivity contribution is -0.132. The van der Waals surface area contributed by atoms with E-state index in [1.54, 1.807) is 0 Å². The van der Waals surface area contributed by atoms with E-state index in [9.17, 15) is 9.59 Å². The van der Waals surface area contributed by atoms with Crippen molar-refractivity contribution in [3.63, 3.8) is 0 Å². The topological polar surface area (TPSA) is 54.4 Å². The molecule has 9 heavy (non-hydrogen) atoms. The molecule has 0 radical (unpaired) electrons. The number of carbonyl (C=O) groups excluding carboxylic acids is 1. The minimum atomic E-state index is -1.13. The van der Waals surface area contributed by atoms with Gasteiger partial charge in [-0.2, -0.15) is 0 Å². The van der Waals surface area contributed by atoms with E-state index >= 15 is 0 Å². The van der Waals surface area contributed by atoms with Crippen molar-refractivity contribution in [1.29, 1.82) is 0 Å². The summed E-state index contributed by atoms with van der Waals surface area (Å²) in [6.07, 6.45) is 1.00. The quantitative estimate of drug-likeness (QED) is 0.663. The van der Waals surface area contributed by atoms with Gasteiger partial charge in [-0.3, -0.25) is 4.79 Å². The summed E-state index contributed by atoms with van der Waals surface area (Å²) in [7, 11) is 0. The van der Waals surface area contributed by atoms with E-state index < -0.39 is 5.97 Å². The Labute approximate surface area is 60.5 Å². The first-order chi connectivity index (χ1) is 4.04. The zero-order chi connectivity index (χ0) is 7.44. The van der Waals surface area contributed by atoms with E-state index in [-0.39, 0.29) is 10.3 Å². The summed E-state index contributed by atoms with van der Waals surface area (Å²) < 4.78 is -0.116. The number of allylic oxidation sites excluding steroid dienone is 1. The second-order valence-corrected chi connectivity index (χ2v) is 2.26. The van der Waals surface area contributed by atoms with Crippen LogP contribution >= 0.6 is 15.9 Å².